The van der Waals surface area contributed by atoms with Crippen molar-refractivity contribution in [3.8, 4) is 11.5 Å². The molecule has 0 saturated heterocycles. The van der Waals surface area contributed by atoms with Gasteiger partial charge in [-0.15, -0.1) is 0 Å². The van der Waals surface area contributed by atoms with Gasteiger partial charge in [-0.1, -0.05) is 0 Å². The zero-order valence-electron chi connectivity index (χ0n) is 11.3. The second-order valence-electron chi connectivity index (χ2n) is 5.63. The Labute approximate surface area is 126 Å². The van der Waals surface area contributed by atoms with Gasteiger partial charge in [0.05, 0.1) is 23.6 Å². The second-order valence-corrected chi connectivity index (χ2v) is 6.49. The van der Waals surface area contributed by atoms with Gasteiger partial charge in [0.15, 0.2) is 11.5 Å². The van der Waals surface area contributed by atoms with Crippen LogP contribution in [0.5, 0.6) is 11.5 Å². The lowest BCUT2D eigenvalue weighted by atomic mass is 9.96. The number of halogens is 1. The smallest absolute Gasteiger partial charge is 0.314 e. The van der Waals surface area contributed by atoms with Crippen molar-refractivity contribution < 1.29 is 19.4 Å². The Hall–Kier alpha value is -1.23. The maximum atomic E-state index is 11.4. The second kappa shape index (κ2) is 4.95. The first kappa shape index (κ1) is 13.7. The van der Waals surface area contributed by atoms with Gasteiger partial charge in [-0.25, -0.2) is 0 Å². The van der Waals surface area contributed by atoms with Gasteiger partial charge in [-0.3, -0.25) is 4.79 Å². The van der Waals surface area contributed by atoms with Gasteiger partial charge in [-0.2, -0.15) is 0 Å². The van der Waals surface area contributed by atoms with E-state index in [1.165, 1.54) is 12.8 Å². The Morgan fingerprint density at radius 2 is 2.15 bits per heavy atom. The number of methoxy groups -OCH3 is 1. The average molecular weight is 341 g/mol. The van der Waals surface area contributed by atoms with Crippen LogP contribution in [0, 0.1) is 5.92 Å². The van der Waals surface area contributed by atoms with E-state index >= 15 is 0 Å². The van der Waals surface area contributed by atoms with E-state index in [1.807, 2.05) is 6.07 Å². The molecule has 0 aliphatic heterocycles. The quantitative estimate of drug-likeness (QED) is 0.862. The highest BCUT2D eigenvalue weighted by molar-refractivity contribution is 9.10. The summed E-state index contributed by atoms with van der Waals surface area (Å²) in [6, 6.07) is 3.65. The molecule has 2 saturated carbocycles. The van der Waals surface area contributed by atoms with Gasteiger partial charge in [0.1, 0.15) is 0 Å². The molecule has 1 aromatic carbocycles. The molecule has 0 aromatic heterocycles. The molecule has 0 radical (unpaired) electrons. The third kappa shape index (κ3) is 2.39. The lowest BCUT2D eigenvalue weighted by Crippen LogP contribution is -2.19. The van der Waals surface area contributed by atoms with E-state index in [-0.39, 0.29) is 0 Å². The van der Waals surface area contributed by atoms with E-state index in [9.17, 15) is 9.90 Å². The minimum Gasteiger partial charge on any atom is -0.493 e. The van der Waals surface area contributed by atoms with Crippen LogP contribution < -0.4 is 9.47 Å². The van der Waals surface area contributed by atoms with E-state index in [1.54, 1.807) is 13.2 Å². The van der Waals surface area contributed by atoms with Crippen molar-refractivity contribution in [2.75, 3.05) is 13.7 Å². The van der Waals surface area contributed by atoms with E-state index in [0.29, 0.717) is 36.9 Å². The lowest BCUT2D eigenvalue weighted by Gasteiger charge is -2.17. The van der Waals surface area contributed by atoms with Gasteiger partial charge in [0.25, 0.3) is 0 Å². The van der Waals surface area contributed by atoms with Crippen molar-refractivity contribution in [1.82, 2.24) is 0 Å². The molecule has 20 heavy (non-hydrogen) atoms. The Morgan fingerprint density at radius 3 is 2.65 bits per heavy atom. The third-order valence-corrected chi connectivity index (χ3v) is 4.69. The summed E-state index contributed by atoms with van der Waals surface area (Å²) in [5.74, 6) is 1.16. The minimum absolute atomic E-state index is 0.600. The van der Waals surface area contributed by atoms with Crippen molar-refractivity contribution in [3.05, 3.63) is 22.2 Å². The van der Waals surface area contributed by atoms with Crippen molar-refractivity contribution >= 4 is 21.9 Å². The van der Waals surface area contributed by atoms with Gasteiger partial charge in [-0.05, 0) is 65.2 Å². The van der Waals surface area contributed by atoms with Gasteiger partial charge in [0.2, 0.25) is 0 Å². The molecule has 1 aromatic rings. The summed E-state index contributed by atoms with van der Waals surface area (Å²) < 4.78 is 12.0. The summed E-state index contributed by atoms with van der Waals surface area (Å²) in [6.45, 7) is 0.693. The predicted octanol–water partition coefficient (Wildman–Crippen LogP) is 3.36. The van der Waals surface area contributed by atoms with Crippen LogP contribution in [-0.2, 0) is 10.2 Å². The zero-order chi connectivity index (χ0) is 14.3. The summed E-state index contributed by atoms with van der Waals surface area (Å²) in [7, 11) is 1.58. The molecule has 2 aliphatic carbocycles. The maximum Gasteiger partial charge on any atom is 0.314 e. The van der Waals surface area contributed by atoms with Crippen LogP contribution in [0.15, 0.2) is 16.6 Å². The number of rotatable bonds is 6. The molecule has 4 nitrogen and oxygen atoms in total. The fraction of sp³-hybridized carbons (Fsp3) is 0.533. The van der Waals surface area contributed by atoms with Crippen LogP contribution in [0.3, 0.4) is 0 Å². The highest BCUT2D eigenvalue weighted by Gasteiger charge is 2.52. The largest absolute Gasteiger partial charge is 0.493 e. The normalized spacial score (nSPS) is 19.5. The summed E-state index contributed by atoms with van der Waals surface area (Å²) >= 11 is 3.48. The highest BCUT2D eigenvalue weighted by Crippen LogP contribution is 2.51. The molecule has 3 rings (SSSR count). The Kier molecular flexibility index (Phi) is 3.40. The predicted molar refractivity (Wildman–Crippen MR) is 77.5 cm³/mol. The number of hydrogen-bond acceptors (Lipinski definition) is 3. The van der Waals surface area contributed by atoms with Gasteiger partial charge >= 0.3 is 5.97 Å². The van der Waals surface area contributed by atoms with Crippen LogP contribution in [0.2, 0.25) is 0 Å². The van der Waals surface area contributed by atoms with E-state index < -0.39 is 11.4 Å². The molecule has 0 bridgehead atoms. The van der Waals surface area contributed by atoms with Crippen LogP contribution in [0.25, 0.3) is 0 Å². The molecule has 108 valence electrons. The van der Waals surface area contributed by atoms with E-state index in [2.05, 4.69) is 15.9 Å². The first-order chi connectivity index (χ1) is 9.56. The number of carbonyl (C=O) groups is 1. The summed E-state index contributed by atoms with van der Waals surface area (Å²) in [5, 5.41) is 9.38. The van der Waals surface area contributed by atoms with E-state index in [0.717, 1.165) is 10.0 Å². The van der Waals surface area contributed by atoms with Crippen molar-refractivity contribution in [2.45, 2.75) is 31.1 Å². The Balaban J connectivity index is 1.90. The molecular weight excluding hydrogens is 324 g/mol. The monoisotopic (exact) mass is 340 g/mol. The van der Waals surface area contributed by atoms with Crippen LogP contribution in [-0.4, -0.2) is 24.8 Å². The Bertz CT molecular complexity index is 547. The fourth-order valence-electron chi connectivity index (χ4n) is 2.37. The SMILES string of the molecule is COc1cc(C2(C(=O)O)CC2)cc(Br)c1OCC1CC1. The molecule has 2 fully saturated rings. The van der Waals surface area contributed by atoms with Crippen LogP contribution in [0.4, 0.5) is 0 Å². The number of aliphatic carboxylic acids is 1. The van der Waals surface area contributed by atoms with Crippen LogP contribution in [0.1, 0.15) is 31.2 Å². The van der Waals surface area contributed by atoms with Crippen LogP contribution >= 0.6 is 15.9 Å². The van der Waals surface area contributed by atoms with Crippen molar-refractivity contribution in [3.63, 3.8) is 0 Å². The summed E-state index contributed by atoms with van der Waals surface area (Å²) in [5.41, 5.74) is 0.0534. The molecule has 0 amide bonds. The fourth-order valence-corrected chi connectivity index (χ4v) is 2.93. The first-order valence-electron chi connectivity index (χ1n) is 6.81. The number of benzene rings is 1. The number of carboxylic acids is 1. The molecule has 5 heteroatoms. The molecule has 1 N–H and O–H groups in total. The third-order valence-electron chi connectivity index (χ3n) is 4.10. The molecule has 0 heterocycles. The number of carboxylic acid groups (broad SMARTS) is 1. The summed E-state index contributed by atoms with van der Waals surface area (Å²) in [4.78, 5) is 11.4. The van der Waals surface area contributed by atoms with E-state index in [4.69, 9.17) is 9.47 Å². The minimum atomic E-state index is -0.766. The van der Waals surface area contributed by atoms with Gasteiger partial charge < -0.3 is 14.6 Å². The average Bonchev–Trinajstić information content (AvgIpc) is 3.28. The molecule has 0 unspecified atom stereocenters. The molecular formula is C15H17BrO4. The summed E-state index contributed by atoms with van der Waals surface area (Å²) in [6.07, 6.45) is 3.81. The Morgan fingerprint density at radius 1 is 1.45 bits per heavy atom. The highest BCUT2D eigenvalue weighted by atomic mass is 79.9. The lowest BCUT2D eigenvalue weighted by molar-refractivity contribution is -0.140. The maximum absolute atomic E-state index is 11.4. The topological polar surface area (TPSA) is 55.8 Å². The molecule has 0 spiro atoms. The standard InChI is InChI=1S/C15H17BrO4/c1-19-12-7-10(15(4-5-15)14(17)18)6-11(16)13(12)20-8-9-2-3-9/h6-7,9H,2-5,8H2,1H3,(H,17,18). The molecule has 2 aliphatic rings. The zero-order valence-corrected chi connectivity index (χ0v) is 12.9. The first-order valence-corrected chi connectivity index (χ1v) is 7.60. The van der Waals surface area contributed by atoms with Gasteiger partial charge in [0, 0.05) is 0 Å². The van der Waals surface area contributed by atoms with Crippen molar-refractivity contribution in [2.24, 2.45) is 5.92 Å². The number of ether oxygens (including phenoxy) is 2. The number of hydrogen-bond donors (Lipinski definition) is 1. The van der Waals surface area contributed by atoms with Crippen molar-refractivity contribution in [1.29, 1.82) is 0 Å². The molecule has 0 atom stereocenters.